The summed E-state index contributed by atoms with van der Waals surface area (Å²) in [5.74, 6) is 2.09. The van der Waals surface area contributed by atoms with Crippen molar-refractivity contribution in [1.82, 2.24) is 4.90 Å². The Morgan fingerprint density at radius 2 is 1.91 bits per heavy atom. The lowest BCUT2D eigenvalue weighted by Crippen LogP contribution is -2.41. The molecule has 1 saturated heterocycles. The van der Waals surface area contributed by atoms with Gasteiger partial charge in [-0.25, -0.2) is 13.2 Å². The molecule has 0 N–H and O–H groups in total. The van der Waals surface area contributed by atoms with Crippen LogP contribution in [0.2, 0.25) is 0 Å². The van der Waals surface area contributed by atoms with Crippen molar-refractivity contribution < 1.29 is 27.0 Å². The molecule has 0 amide bonds. The lowest BCUT2D eigenvalue weighted by molar-refractivity contribution is 0.0649. The third kappa shape index (κ3) is 3.61. The minimum Gasteiger partial charge on any atom is -0.497 e. The molecule has 3 heterocycles. The van der Waals surface area contributed by atoms with Gasteiger partial charge in [0.05, 0.1) is 36.9 Å². The van der Waals surface area contributed by atoms with Crippen LogP contribution in [0.5, 0.6) is 17.2 Å². The normalized spacial score (nSPS) is 20.0. The molecule has 3 aromatic rings. The van der Waals surface area contributed by atoms with Gasteiger partial charge in [0, 0.05) is 29.6 Å². The van der Waals surface area contributed by atoms with Gasteiger partial charge in [0.15, 0.2) is 9.84 Å². The number of ether oxygens (including phenoxy) is 3. The third-order valence-corrected chi connectivity index (χ3v) is 7.88. The maximum absolute atomic E-state index is 13.0. The van der Waals surface area contributed by atoms with Crippen LogP contribution in [-0.4, -0.2) is 51.8 Å². The highest BCUT2D eigenvalue weighted by atomic mass is 32.2. The fourth-order valence-corrected chi connectivity index (χ4v) is 6.18. The zero-order valence-electron chi connectivity index (χ0n) is 17.8. The predicted octanol–water partition coefficient (Wildman–Crippen LogP) is 2.82. The summed E-state index contributed by atoms with van der Waals surface area (Å²) in [4.78, 5) is 15.0. The summed E-state index contributed by atoms with van der Waals surface area (Å²) in [6, 6.07) is 10.6. The molecule has 2 aliphatic rings. The van der Waals surface area contributed by atoms with E-state index in [2.05, 4.69) is 0 Å². The van der Waals surface area contributed by atoms with Crippen LogP contribution in [0.1, 0.15) is 12.0 Å². The molecule has 5 rings (SSSR count). The van der Waals surface area contributed by atoms with Crippen molar-refractivity contribution in [2.45, 2.75) is 19.0 Å². The summed E-state index contributed by atoms with van der Waals surface area (Å²) in [6.07, 6.45) is 0.581. The highest BCUT2D eigenvalue weighted by Gasteiger charge is 2.35. The predicted molar refractivity (Wildman–Crippen MR) is 119 cm³/mol. The van der Waals surface area contributed by atoms with Crippen LogP contribution >= 0.6 is 0 Å². The van der Waals surface area contributed by atoms with Gasteiger partial charge in [-0.15, -0.1) is 0 Å². The van der Waals surface area contributed by atoms with Crippen molar-refractivity contribution in [3.63, 3.8) is 0 Å². The second-order valence-electron chi connectivity index (χ2n) is 8.05. The topological polar surface area (TPSA) is 95.3 Å². The summed E-state index contributed by atoms with van der Waals surface area (Å²) in [5.41, 5.74) is 1.70. The van der Waals surface area contributed by atoms with Gasteiger partial charge in [0.1, 0.15) is 29.6 Å². The number of hydrogen-bond donors (Lipinski definition) is 0. The lowest BCUT2D eigenvalue weighted by atomic mass is 10.0. The Balaban J connectivity index is 1.56. The molecule has 0 bridgehead atoms. The second kappa shape index (κ2) is 7.83. The first-order valence-corrected chi connectivity index (χ1v) is 12.1. The van der Waals surface area contributed by atoms with Crippen molar-refractivity contribution in [3.05, 3.63) is 52.4 Å². The Bertz CT molecular complexity index is 1360. The van der Waals surface area contributed by atoms with Gasteiger partial charge in [0.25, 0.3) is 0 Å². The van der Waals surface area contributed by atoms with Crippen molar-refractivity contribution in [3.8, 4) is 28.4 Å². The average molecular weight is 458 g/mol. The Labute approximate surface area is 185 Å². The lowest BCUT2D eigenvalue weighted by Gasteiger charge is -2.33. The Morgan fingerprint density at radius 3 is 2.62 bits per heavy atom. The van der Waals surface area contributed by atoms with E-state index in [-0.39, 0.29) is 17.5 Å². The van der Waals surface area contributed by atoms with E-state index < -0.39 is 15.5 Å². The minimum absolute atomic E-state index is 0.0991. The minimum atomic E-state index is -3.01. The Morgan fingerprint density at radius 1 is 1.06 bits per heavy atom. The van der Waals surface area contributed by atoms with Crippen molar-refractivity contribution in [2.75, 3.05) is 32.5 Å². The summed E-state index contributed by atoms with van der Waals surface area (Å²) in [6.45, 7) is 0.769. The van der Waals surface area contributed by atoms with Crippen molar-refractivity contribution in [2.24, 2.45) is 0 Å². The monoisotopic (exact) mass is 457 g/mol. The quantitative estimate of drug-likeness (QED) is 0.552. The average Bonchev–Trinajstić information content (AvgIpc) is 3.17. The molecule has 2 aromatic carbocycles. The van der Waals surface area contributed by atoms with E-state index in [1.54, 1.807) is 31.4 Å². The first kappa shape index (κ1) is 20.8. The summed E-state index contributed by atoms with van der Waals surface area (Å²) >= 11 is 0. The van der Waals surface area contributed by atoms with E-state index in [9.17, 15) is 13.2 Å². The molecule has 168 valence electrons. The van der Waals surface area contributed by atoms with E-state index in [0.717, 1.165) is 10.9 Å². The van der Waals surface area contributed by atoms with Crippen LogP contribution < -0.4 is 19.8 Å². The molecule has 0 saturated carbocycles. The summed E-state index contributed by atoms with van der Waals surface area (Å²) in [5, 5.41) is 0.751. The van der Waals surface area contributed by atoms with E-state index in [0.29, 0.717) is 53.7 Å². The highest BCUT2D eigenvalue weighted by molar-refractivity contribution is 7.91. The Kier molecular flexibility index (Phi) is 5.10. The first-order valence-electron chi connectivity index (χ1n) is 10.3. The maximum atomic E-state index is 13.0. The van der Waals surface area contributed by atoms with Crippen LogP contribution in [0, 0.1) is 0 Å². The number of rotatable bonds is 4. The second-order valence-corrected chi connectivity index (χ2v) is 10.3. The molecule has 32 heavy (non-hydrogen) atoms. The fourth-order valence-electron chi connectivity index (χ4n) is 4.42. The largest absolute Gasteiger partial charge is 0.497 e. The molecule has 1 fully saturated rings. The molecule has 8 nitrogen and oxygen atoms in total. The van der Waals surface area contributed by atoms with Gasteiger partial charge in [-0.05, 0) is 36.8 Å². The number of nitrogens with zero attached hydrogens (tertiary/aromatic N) is 1. The molecule has 1 aromatic heterocycles. The zero-order valence-corrected chi connectivity index (χ0v) is 18.6. The molecule has 0 spiro atoms. The van der Waals surface area contributed by atoms with Gasteiger partial charge in [-0.3, -0.25) is 4.90 Å². The van der Waals surface area contributed by atoms with E-state index in [1.165, 1.54) is 7.11 Å². The van der Waals surface area contributed by atoms with Crippen molar-refractivity contribution >= 4 is 20.8 Å². The van der Waals surface area contributed by atoms with Gasteiger partial charge in [-0.2, -0.15) is 0 Å². The molecular formula is C23H23NO7S. The van der Waals surface area contributed by atoms with Gasteiger partial charge < -0.3 is 18.6 Å². The Hall–Kier alpha value is -3.04. The SMILES string of the molecule is COc1ccc(-c2cc3ccc4c(c3oc2=O)CN(C2CCS(=O)(=O)C2)CO4)c(OC)c1. The molecule has 2 aliphatic heterocycles. The maximum Gasteiger partial charge on any atom is 0.344 e. The van der Waals surface area contributed by atoms with Crippen LogP contribution in [0.3, 0.4) is 0 Å². The van der Waals surface area contributed by atoms with Crippen LogP contribution in [0.4, 0.5) is 0 Å². The first-order chi connectivity index (χ1) is 15.4. The molecule has 0 aliphatic carbocycles. The van der Waals surface area contributed by atoms with E-state index in [1.807, 2.05) is 17.0 Å². The highest BCUT2D eigenvalue weighted by Crippen LogP contribution is 2.37. The summed E-state index contributed by atoms with van der Waals surface area (Å²) < 4.78 is 46.2. The molecule has 9 heteroatoms. The molecule has 1 unspecified atom stereocenters. The van der Waals surface area contributed by atoms with Crippen molar-refractivity contribution in [1.29, 1.82) is 0 Å². The number of methoxy groups -OCH3 is 2. The van der Waals surface area contributed by atoms with E-state index >= 15 is 0 Å². The van der Waals surface area contributed by atoms with Gasteiger partial charge in [-0.1, -0.05) is 0 Å². The number of hydrogen-bond acceptors (Lipinski definition) is 8. The number of fused-ring (bicyclic) bond motifs is 3. The van der Waals surface area contributed by atoms with Crippen LogP contribution in [-0.2, 0) is 16.4 Å². The van der Waals surface area contributed by atoms with Crippen LogP contribution in [0.25, 0.3) is 22.1 Å². The molecule has 1 atom stereocenters. The summed E-state index contributed by atoms with van der Waals surface area (Å²) in [7, 11) is 0.0872. The fraction of sp³-hybridized carbons (Fsp3) is 0.348. The zero-order chi connectivity index (χ0) is 22.5. The number of benzene rings is 2. The molecular weight excluding hydrogens is 434 g/mol. The smallest absolute Gasteiger partial charge is 0.344 e. The van der Waals surface area contributed by atoms with Gasteiger partial charge in [0.2, 0.25) is 0 Å². The molecule has 0 radical (unpaired) electrons. The van der Waals surface area contributed by atoms with E-state index in [4.69, 9.17) is 18.6 Å². The standard InChI is InChI=1S/C23H23NO7S/c1-28-16-4-5-17(21(10-16)29-2)18-9-14-3-6-20-19(22(14)31-23(18)25)11-24(13-30-20)15-7-8-32(26,27)12-15/h3-6,9-10,15H,7-8,11-13H2,1-2H3. The van der Waals surface area contributed by atoms with Gasteiger partial charge >= 0.3 is 5.63 Å². The number of sulfone groups is 1. The third-order valence-electron chi connectivity index (χ3n) is 6.13. The van der Waals surface area contributed by atoms with Crippen LogP contribution in [0.15, 0.2) is 45.6 Å².